The normalized spacial score (nSPS) is 17.1. The van der Waals surface area contributed by atoms with Gasteiger partial charge in [-0.05, 0) is 60.4 Å². The van der Waals surface area contributed by atoms with Crippen molar-refractivity contribution in [2.75, 3.05) is 19.6 Å². The van der Waals surface area contributed by atoms with Crippen molar-refractivity contribution in [3.05, 3.63) is 60.2 Å². The molecule has 3 nitrogen and oxygen atoms in total. The summed E-state index contributed by atoms with van der Waals surface area (Å²) in [7, 11) is -1.95. The highest BCUT2D eigenvalue weighted by molar-refractivity contribution is 6.73. The van der Waals surface area contributed by atoms with Crippen LogP contribution in [0.3, 0.4) is 0 Å². The predicted octanol–water partition coefficient (Wildman–Crippen LogP) is 8.65. The lowest BCUT2D eigenvalue weighted by molar-refractivity contribution is 0.130. The van der Waals surface area contributed by atoms with Crippen molar-refractivity contribution in [1.29, 1.82) is 0 Å². The Kier molecular flexibility index (Phi) is 12.7. The number of rotatable bonds is 16. The lowest BCUT2D eigenvalue weighted by Gasteiger charge is -2.36. The summed E-state index contributed by atoms with van der Waals surface area (Å²) in [5.74, 6) is 0. The molecule has 0 radical (unpaired) electrons. The van der Waals surface area contributed by atoms with Crippen molar-refractivity contribution in [2.45, 2.75) is 109 Å². The van der Waals surface area contributed by atoms with Gasteiger partial charge in [0.1, 0.15) is 0 Å². The van der Waals surface area contributed by atoms with Crippen molar-refractivity contribution >= 4 is 19.1 Å². The first kappa shape index (κ1) is 29.1. The van der Waals surface area contributed by atoms with E-state index in [2.05, 4.69) is 74.2 Å². The highest BCUT2D eigenvalue weighted by Gasteiger charge is 2.36. The van der Waals surface area contributed by atoms with E-state index >= 15 is 0 Å². The minimum Gasteiger partial charge on any atom is -0.406 e. The summed E-state index contributed by atoms with van der Waals surface area (Å²) in [6.07, 6.45) is 14.9. The Bertz CT molecular complexity index is 881. The summed E-state index contributed by atoms with van der Waals surface area (Å²) >= 11 is 0. The number of likely N-dealkylation sites (tertiary alicyclic amines) is 1. The smallest absolute Gasteiger partial charge is 0.194 e. The molecule has 0 unspecified atom stereocenters. The topological polar surface area (TPSA) is 32.7 Å². The average Bonchev–Trinajstić information content (AvgIpc) is 2.92. The Morgan fingerprint density at radius 1 is 0.833 bits per heavy atom. The molecule has 0 aliphatic carbocycles. The van der Waals surface area contributed by atoms with Gasteiger partial charge in [0.25, 0.3) is 0 Å². The number of hydrogen-bond donors (Lipinski definition) is 1. The summed E-state index contributed by atoms with van der Waals surface area (Å²) in [5.41, 5.74) is 1.25. The molecule has 0 aromatic heterocycles. The van der Waals surface area contributed by atoms with E-state index in [9.17, 15) is 5.11 Å². The molecule has 1 N–H and O–H groups in total. The molecule has 0 bridgehead atoms. The van der Waals surface area contributed by atoms with Crippen LogP contribution in [0.15, 0.2) is 54.6 Å². The third-order valence-electron chi connectivity index (χ3n) is 7.87. The summed E-state index contributed by atoms with van der Waals surface area (Å²) in [6.45, 7) is 9.85. The van der Waals surface area contributed by atoms with E-state index in [1.807, 2.05) is 6.08 Å². The Labute approximate surface area is 222 Å². The van der Waals surface area contributed by atoms with Crippen molar-refractivity contribution in [3.8, 4) is 0 Å². The van der Waals surface area contributed by atoms with E-state index in [4.69, 9.17) is 4.43 Å². The molecule has 1 saturated heterocycles. The van der Waals surface area contributed by atoms with Gasteiger partial charge in [-0.1, -0.05) is 120 Å². The molecule has 3 rings (SSSR count). The second kappa shape index (κ2) is 15.7. The second-order valence-corrected chi connectivity index (χ2v) is 15.0. The predicted molar refractivity (Wildman–Crippen MR) is 158 cm³/mol. The summed E-state index contributed by atoms with van der Waals surface area (Å²) < 4.78 is 7.41. The zero-order chi connectivity index (χ0) is 25.6. The molecular weight excluding hydrogens is 458 g/mol. The molecule has 4 heteroatoms. The number of hydrogen-bond acceptors (Lipinski definition) is 3. The largest absolute Gasteiger partial charge is 0.406 e. The Hall–Kier alpha value is -1.46. The summed E-state index contributed by atoms with van der Waals surface area (Å²) in [4.78, 5) is 2.41. The van der Waals surface area contributed by atoms with Crippen LogP contribution in [0.1, 0.15) is 90.2 Å². The van der Waals surface area contributed by atoms with Gasteiger partial charge in [0.2, 0.25) is 0 Å². The number of unbranched alkanes of at least 4 members (excludes halogenated alkanes) is 3. The Morgan fingerprint density at radius 2 is 1.44 bits per heavy atom. The fraction of sp³-hybridized carbons (Fsp3) is 0.625. The van der Waals surface area contributed by atoms with Gasteiger partial charge < -0.3 is 14.4 Å². The molecule has 0 saturated carbocycles. The molecule has 0 spiro atoms. The first-order valence-electron chi connectivity index (χ1n) is 14.8. The van der Waals surface area contributed by atoms with Gasteiger partial charge in [-0.25, -0.2) is 0 Å². The molecule has 1 fully saturated rings. The minimum atomic E-state index is -1.95. The third kappa shape index (κ3) is 8.83. The Balaban J connectivity index is 1.93. The maximum absolute atomic E-state index is 11.0. The third-order valence-corrected chi connectivity index (χ3v) is 12.4. The van der Waals surface area contributed by atoms with Gasteiger partial charge in [-0.15, -0.1) is 0 Å². The molecule has 0 amide bonds. The molecule has 1 aliphatic heterocycles. The highest BCUT2D eigenvalue weighted by atomic mass is 28.4. The van der Waals surface area contributed by atoms with Gasteiger partial charge >= 0.3 is 0 Å². The molecule has 200 valence electrons. The SMILES string of the molecule is CCCC[Si](CCCC)(CCCC)O[C@H](C=C[C@H](O)CN1CCCCC1)c1cccc2ccccc12. The standard InChI is InChI=1S/C32H51NO2Si/c1-4-7-24-36(25-8-5-2,26-9-6-3)35-32(21-20-29(34)27-33-22-13-10-14-23-33)31-19-15-17-28-16-11-12-18-30(28)31/h11-12,15-21,29,32,34H,4-10,13-14,22-27H2,1-3H3/t29-,32+/m0/s1. The quantitative estimate of drug-likeness (QED) is 0.181. The fourth-order valence-corrected chi connectivity index (χ4v) is 10.6. The lowest BCUT2D eigenvalue weighted by Crippen LogP contribution is -2.39. The number of piperidine rings is 1. The maximum atomic E-state index is 11.0. The van der Waals surface area contributed by atoms with Crippen LogP contribution in [-0.4, -0.2) is 44.1 Å². The van der Waals surface area contributed by atoms with E-state index in [0.29, 0.717) is 0 Å². The van der Waals surface area contributed by atoms with Gasteiger partial charge in [0.05, 0.1) is 12.2 Å². The second-order valence-electron chi connectivity index (χ2n) is 10.9. The van der Waals surface area contributed by atoms with Crippen LogP contribution >= 0.6 is 0 Å². The van der Waals surface area contributed by atoms with Crippen molar-refractivity contribution in [2.24, 2.45) is 0 Å². The first-order valence-corrected chi connectivity index (χ1v) is 17.4. The van der Waals surface area contributed by atoms with E-state index in [1.54, 1.807) is 0 Å². The fourth-order valence-electron chi connectivity index (χ4n) is 5.72. The van der Waals surface area contributed by atoms with Crippen LogP contribution < -0.4 is 0 Å². The number of β-amino-alcohol motifs (C(OH)–C–C–N with tert-alkyl or cyclic N) is 1. The monoisotopic (exact) mass is 509 g/mol. The van der Waals surface area contributed by atoms with Crippen molar-refractivity contribution in [3.63, 3.8) is 0 Å². The molecule has 2 aromatic rings. The highest BCUT2D eigenvalue weighted by Crippen LogP contribution is 2.37. The minimum absolute atomic E-state index is 0.107. The zero-order valence-corrected chi connectivity index (χ0v) is 24.3. The van der Waals surface area contributed by atoms with E-state index in [1.165, 1.54) is 92.3 Å². The summed E-state index contributed by atoms with van der Waals surface area (Å²) in [6, 6.07) is 19.0. The average molecular weight is 510 g/mol. The van der Waals surface area contributed by atoms with Crippen LogP contribution in [0.2, 0.25) is 18.1 Å². The molecule has 1 heterocycles. The van der Waals surface area contributed by atoms with Crippen LogP contribution in [0.25, 0.3) is 10.8 Å². The van der Waals surface area contributed by atoms with Gasteiger partial charge in [-0.3, -0.25) is 0 Å². The number of fused-ring (bicyclic) bond motifs is 1. The Morgan fingerprint density at radius 3 is 2.08 bits per heavy atom. The van der Waals surface area contributed by atoms with Gasteiger partial charge in [0, 0.05) is 6.54 Å². The van der Waals surface area contributed by atoms with Crippen molar-refractivity contribution in [1.82, 2.24) is 4.90 Å². The molecule has 1 aliphatic rings. The van der Waals surface area contributed by atoms with Gasteiger partial charge in [0.15, 0.2) is 8.32 Å². The molecule has 2 aromatic carbocycles. The summed E-state index contributed by atoms with van der Waals surface area (Å²) in [5, 5.41) is 13.5. The maximum Gasteiger partial charge on any atom is 0.194 e. The van der Waals surface area contributed by atoms with Crippen LogP contribution in [0, 0.1) is 0 Å². The van der Waals surface area contributed by atoms with Crippen LogP contribution in [-0.2, 0) is 4.43 Å². The zero-order valence-electron chi connectivity index (χ0n) is 23.3. The number of benzene rings is 2. The first-order chi connectivity index (χ1) is 17.6. The molecule has 2 atom stereocenters. The van der Waals surface area contributed by atoms with Crippen LogP contribution in [0.4, 0.5) is 0 Å². The van der Waals surface area contributed by atoms with E-state index in [0.717, 1.165) is 19.6 Å². The number of aliphatic hydroxyl groups excluding tert-OH is 1. The van der Waals surface area contributed by atoms with Crippen LogP contribution in [0.5, 0.6) is 0 Å². The van der Waals surface area contributed by atoms with Crippen molar-refractivity contribution < 1.29 is 9.53 Å². The van der Waals surface area contributed by atoms with E-state index < -0.39 is 14.4 Å². The lowest BCUT2D eigenvalue weighted by atomic mass is 10.00. The number of aliphatic hydroxyl groups is 1. The van der Waals surface area contributed by atoms with Gasteiger partial charge in [-0.2, -0.15) is 0 Å². The molecular formula is C32H51NO2Si. The van der Waals surface area contributed by atoms with E-state index in [-0.39, 0.29) is 6.10 Å². The number of nitrogens with zero attached hydrogens (tertiary/aromatic N) is 1. The molecule has 36 heavy (non-hydrogen) atoms.